The van der Waals surface area contributed by atoms with Crippen molar-refractivity contribution in [3.05, 3.63) is 62.7 Å². The summed E-state index contributed by atoms with van der Waals surface area (Å²) in [6.07, 6.45) is 1.90. The van der Waals surface area contributed by atoms with Gasteiger partial charge in [-0.3, -0.25) is 9.36 Å². The van der Waals surface area contributed by atoms with Crippen molar-refractivity contribution >= 4 is 39.6 Å². The number of para-hydroxylation sites is 2. The van der Waals surface area contributed by atoms with Crippen LogP contribution < -0.4 is 5.69 Å². The van der Waals surface area contributed by atoms with Gasteiger partial charge in [0, 0.05) is 35.5 Å². The van der Waals surface area contributed by atoms with E-state index in [1.54, 1.807) is 22.7 Å². The molecule has 8 heteroatoms. The summed E-state index contributed by atoms with van der Waals surface area (Å²) in [4.78, 5) is 34.6. The standard InChI is InChI=1S/C21H20N4O2S2/c26-19(11-15-13-29-20(22-15)14-7-10-28-12-14)24-8-5-16(6-9-24)25-18-4-2-1-3-17(18)23-21(25)27/h1-4,7,10,12-13,16H,5-6,8-9,11H2,(H,23,27). The van der Waals surface area contributed by atoms with Gasteiger partial charge in [0.25, 0.3) is 0 Å². The molecule has 1 amide bonds. The second kappa shape index (κ2) is 7.61. The van der Waals surface area contributed by atoms with Crippen LogP contribution >= 0.6 is 22.7 Å². The predicted octanol–water partition coefficient (Wildman–Crippen LogP) is 3.92. The Hall–Kier alpha value is -2.71. The first kappa shape index (κ1) is 18.3. The van der Waals surface area contributed by atoms with Gasteiger partial charge in [-0.15, -0.1) is 11.3 Å². The molecule has 0 saturated carbocycles. The molecular formula is C21H20N4O2S2. The first-order chi connectivity index (χ1) is 14.2. The van der Waals surface area contributed by atoms with E-state index in [4.69, 9.17) is 0 Å². The van der Waals surface area contributed by atoms with E-state index < -0.39 is 0 Å². The Morgan fingerprint density at radius 1 is 1.17 bits per heavy atom. The highest BCUT2D eigenvalue weighted by atomic mass is 32.1. The molecule has 1 aliphatic rings. The summed E-state index contributed by atoms with van der Waals surface area (Å²) in [7, 11) is 0. The third-order valence-corrected chi connectivity index (χ3v) is 7.08. The molecule has 0 aliphatic carbocycles. The number of benzene rings is 1. The maximum atomic E-state index is 12.8. The summed E-state index contributed by atoms with van der Waals surface area (Å²) in [5.41, 5.74) is 3.67. The van der Waals surface area contributed by atoms with Gasteiger partial charge >= 0.3 is 5.69 Å². The zero-order chi connectivity index (χ0) is 19.8. The van der Waals surface area contributed by atoms with E-state index in [9.17, 15) is 9.59 Å². The molecule has 0 radical (unpaired) electrons. The van der Waals surface area contributed by atoms with Gasteiger partial charge in [-0.2, -0.15) is 11.3 Å². The zero-order valence-corrected chi connectivity index (χ0v) is 17.3. The highest BCUT2D eigenvalue weighted by Crippen LogP contribution is 2.27. The first-order valence-electron chi connectivity index (χ1n) is 9.63. The molecule has 1 N–H and O–H groups in total. The number of aromatic nitrogens is 3. The van der Waals surface area contributed by atoms with Gasteiger partial charge < -0.3 is 9.88 Å². The van der Waals surface area contributed by atoms with Crippen LogP contribution in [0.15, 0.2) is 51.3 Å². The number of carbonyl (C=O) groups excluding carboxylic acids is 1. The Morgan fingerprint density at radius 2 is 2.00 bits per heavy atom. The van der Waals surface area contributed by atoms with Crippen molar-refractivity contribution in [2.75, 3.05) is 13.1 Å². The fraction of sp³-hybridized carbons (Fsp3) is 0.286. The Labute approximate surface area is 175 Å². The third kappa shape index (κ3) is 3.54. The summed E-state index contributed by atoms with van der Waals surface area (Å²) in [5, 5.41) is 7.04. The minimum absolute atomic E-state index is 0.0700. The largest absolute Gasteiger partial charge is 0.342 e. The minimum Gasteiger partial charge on any atom is -0.342 e. The van der Waals surface area contributed by atoms with Gasteiger partial charge in [0.1, 0.15) is 5.01 Å². The van der Waals surface area contributed by atoms with Crippen LogP contribution in [0.1, 0.15) is 24.6 Å². The van der Waals surface area contributed by atoms with Crippen molar-refractivity contribution in [1.82, 2.24) is 19.4 Å². The maximum Gasteiger partial charge on any atom is 0.326 e. The molecular weight excluding hydrogens is 404 g/mol. The van der Waals surface area contributed by atoms with Crippen LogP contribution in [0.5, 0.6) is 0 Å². The van der Waals surface area contributed by atoms with E-state index >= 15 is 0 Å². The van der Waals surface area contributed by atoms with Crippen molar-refractivity contribution < 1.29 is 4.79 Å². The number of hydrogen-bond acceptors (Lipinski definition) is 5. The number of imidazole rings is 1. The maximum absolute atomic E-state index is 12.8. The molecule has 4 aromatic rings. The third-order valence-electron chi connectivity index (χ3n) is 5.46. The molecule has 0 unspecified atom stereocenters. The molecule has 6 nitrogen and oxygen atoms in total. The molecule has 1 saturated heterocycles. The number of hydrogen-bond donors (Lipinski definition) is 1. The number of nitrogens with one attached hydrogen (secondary N) is 1. The van der Waals surface area contributed by atoms with E-state index in [0.29, 0.717) is 19.5 Å². The fourth-order valence-electron chi connectivity index (χ4n) is 3.98. The topological polar surface area (TPSA) is 71.0 Å². The molecule has 0 spiro atoms. The smallest absolute Gasteiger partial charge is 0.326 e. The summed E-state index contributed by atoms with van der Waals surface area (Å²) in [6.45, 7) is 1.33. The van der Waals surface area contributed by atoms with E-state index in [2.05, 4.69) is 15.3 Å². The zero-order valence-electron chi connectivity index (χ0n) is 15.7. The van der Waals surface area contributed by atoms with Crippen molar-refractivity contribution in [2.24, 2.45) is 0 Å². The monoisotopic (exact) mass is 424 g/mol. The highest BCUT2D eigenvalue weighted by molar-refractivity contribution is 7.14. The number of H-pyrrole nitrogens is 1. The molecule has 1 aromatic carbocycles. The molecule has 1 fully saturated rings. The number of fused-ring (bicyclic) bond motifs is 1. The molecule has 4 heterocycles. The van der Waals surface area contributed by atoms with Crippen LogP contribution in [0.3, 0.4) is 0 Å². The van der Waals surface area contributed by atoms with Crippen LogP contribution in [0, 0.1) is 0 Å². The van der Waals surface area contributed by atoms with Crippen LogP contribution in [-0.4, -0.2) is 38.4 Å². The summed E-state index contributed by atoms with van der Waals surface area (Å²) in [6, 6.07) is 9.93. The van der Waals surface area contributed by atoms with E-state index in [1.807, 2.05) is 50.6 Å². The van der Waals surface area contributed by atoms with Gasteiger partial charge in [-0.05, 0) is 36.4 Å². The summed E-state index contributed by atoms with van der Waals surface area (Å²) < 4.78 is 1.85. The second-order valence-electron chi connectivity index (χ2n) is 7.26. The number of likely N-dealkylation sites (tertiary alicyclic amines) is 1. The fourth-order valence-corrected chi connectivity index (χ4v) is 5.52. The highest BCUT2D eigenvalue weighted by Gasteiger charge is 2.26. The second-order valence-corrected chi connectivity index (χ2v) is 8.90. The normalized spacial score (nSPS) is 15.2. The molecule has 29 heavy (non-hydrogen) atoms. The average Bonchev–Trinajstić information content (AvgIpc) is 3.47. The van der Waals surface area contributed by atoms with Gasteiger partial charge in [0.2, 0.25) is 5.91 Å². The lowest BCUT2D eigenvalue weighted by Crippen LogP contribution is -2.41. The van der Waals surface area contributed by atoms with Gasteiger partial charge in [-0.25, -0.2) is 9.78 Å². The number of aromatic amines is 1. The summed E-state index contributed by atoms with van der Waals surface area (Å²) in [5.74, 6) is 0.108. The van der Waals surface area contributed by atoms with Crippen molar-refractivity contribution in [3.8, 4) is 10.6 Å². The van der Waals surface area contributed by atoms with Crippen LogP contribution in [-0.2, 0) is 11.2 Å². The number of rotatable bonds is 4. The number of piperidine rings is 1. The molecule has 0 atom stereocenters. The molecule has 1 aliphatic heterocycles. The Morgan fingerprint density at radius 3 is 2.79 bits per heavy atom. The Bertz CT molecular complexity index is 1200. The molecule has 3 aromatic heterocycles. The van der Waals surface area contributed by atoms with Crippen LogP contribution in [0.4, 0.5) is 0 Å². The number of carbonyl (C=O) groups is 1. The Kier molecular flexibility index (Phi) is 4.81. The first-order valence-corrected chi connectivity index (χ1v) is 11.5. The number of nitrogens with zero attached hydrogens (tertiary/aromatic N) is 3. The molecule has 0 bridgehead atoms. The van der Waals surface area contributed by atoms with Crippen molar-refractivity contribution in [1.29, 1.82) is 0 Å². The van der Waals surface area contributed by atoms with Crippen LogP contribution in [0.2, 0.25) is 0 Å². The number of thiazole rings is 1. The lowest BCUT2D eigenvalue weighted by Gasteiger charge is -2.32. The van der Waals surface area contributed by atoms with E-state index in [1.165, 1.54) is 0 Å². The molecule has 148 valence electrons. The molecule has 5 rings (SSSR count). The van der Waals surface area contributed by atoms with Crippen molar-refractivity contribution in [2.45, 2.75) is 25.3 Å². The van der Waals surface area contributed by atoms with Gasteiger partial charge in [0.05, 0.1) is 23.1 Å². The van der Waals surface area contributed by atoms with Crippen molar-refractivity contribution in [3.63, 3.8) is 0 Å². The van der Waals surface area contributed by atoms with E-state index in [-0.39, 0.29) is 17.6 Å². The Balaban J connectivity index is 1.24. The number of amides is 1. The SMILES string of the molecule is O=C(Cc1csc(-c2ccsc2)n1)N1CCC(n2c(=O)[nH]c3ccccc32)CC1. The number of thiophene rings is 1. The summed E-state index contributed by atoms with van der Waals surface area (Å²) >= 11 is 3.23. The van der Waals surface area contributed by atoms with Gasteiger partial charge in [-0.1, -0.05) is 12.1 Å². The lowest BCUT2D eigenvalue weighted by molar-refractivity contribution is -0.131. The lowest BCUT2D eigenvalue weighted by atomic mass is 10.0. The minimum atomic E-state index is -0.0700. The van der Waals surface area contributed by atoms with Gasteiger partial charge in [0.15, 0.2) is 0 Å². The quantitative estimate of drug-likeness (QED) is 0.540. The van der Waals surface area contributed by atoms with E-state index in [0.717, 1.165) is 40.1 Å². The van der Waals surface area contributed by atoms with Crippen LogP contribution in [0.25, 0.3) is 21.6 Å². The predicted molar refractivity (Wildman–Crippen MR) is 117 cm³/mol. The average molecular weight is 425 g/mol.